The van der Waals surface area contributed by atoms with Gasteiger partial charge in [0.2, 0.25) is 0 Å². The van der Waals surface area contributed by atoms with Crippen molar-refractivity contribution in [1.29, 1.82) is 0 Å². The van der Waals surface area contributed by atoms with Gasteiger partial charge in [-0.15, -0.1) is 0 Å². The van der Waals surface area contributed by atoms with E-state index >= 15 is 0 Å². The first-order valence-electron chi connectivity index (χ1n) is 8.22. The smallest absolute Gasteiger partial charge is 0.160 e. The highest BCUT2D eigenvalue weighted by molar-refractivity contribution is 6.31. The third kappa shape index (κ3) is 3.01. The van der Waals surface area contributed by atoms with Crippen molar-refractivity contribution in [2.24, 2.45) is 0 Å². The molecular weight excluding hydrogens is 328 g/mol. The van der Waals surface area contributed by atoms with Gasteiger partial charge in [-0.2, -0.15) is 0 Å². The lowest BCUT2D eigenvalue weighted by molar-refractivity contribution is 1.21. The Kier molecular flexibility index (Phi) is 3.98. The largest absolute Gasteiger partial charge is 0.228 e. The van der Waals surface area contributed by atoms with Crippen LogP contribution in [0.1, 0.15) is 11.1 Å². The maximum absolute atomic E-state index is 6.24. The van der Waals surface area contributed by atoms with Gasteiger partial charge in [0.05, 0.1) is 11.2 Å². The molecule has 122 valence electrons. The summed E-state index contributed by atoms with van der Waals surface area (Å²) in [7, 11) is 0. The van der Waals surface area contributed by atoms with Gasteiger partial charge in [0.25, 0.3) is 0 Å². The highest BCUT2D eigenvalue weighted by atomic mass is 35.5. The third-order valence-electron chi connectivity index (χ3n) is 4.34. The van der Waals surface area contributed by atoms with E-state index in [-0.39, 0.29) is 0 Å². The molecule has 2 nitrogen and oxygen atoms in total. The molecule has 0 aliphatic heterocycles. The average Bonchev–Trinajstić information content (AvgIpc) is 2.61. The molecule has 25 heavy (non-hydrogen) atoms. The van der Waals surface area contributed by atoms with Crippen LogP contribution in [0, 0.1) is 13.8 Å². The maximum Gasteiger partial charge on any atom is 0.160 e. The Morgan fingerprint density at radius 3 is 2.44 bits per heavy atom. The first kappa shape index (κ1) is 15.8. The summed E-state index contributed by atoms with van der Waals surface area (Å²) in [4.78, 5) is 9.70. The molecule has 0 N–H and O–H groups in total. The number of benzene rings is 3. The third-order valence-corrected chi connectivity index (χ3v) is 4.57. The summed E-state index contributed by atoms with van der Waals surface area (Å²) in [5.74, 6) is 0.740. The SMILES string of the molecule is Cc1cccc(-c2nc(-c3ccccc3C)nc3ccc(Cl)cc23)c1. The van der Waals surface area contributed by atoms with E-state index < -0.39 is 0 Å². The zero-order valence-electron chi connectivity index (χ0n) is 14.1. The molecular formula is C22H17ClN2. The van der Waals surface area contributed by atoms with E-state index in [2.05, 4.69) is 50.2 Å². The highest BCUT2D eigenvalue weighted by Gasteiger charge is 2.13. The Labute approximate surface area is 152 Å². The minimum Gasteiger partial charge on any atom is -0.228 e. The lowest BCUT2D eigenvalue weighted by Gasteiger charge is -2.11. The van der Waals surface area contributed by atoms with Gasteiger partial charge in [-0.1, -0.05) is 59.6 Å². The van der Waals surface area contributed by atoms with Crippen LogP contribution in [-0.4, -0.2) is 9.97 Å². The minimum atomic E-state index is 0.689. The molecule has 0 atom stereocenters. The number of hydrogen-bond acceptors (Lipinski definition) is 2. The number of aromatic nitrogens is 2. The summed E-state index contributed by atoms with van der Waals surface area (Å²) in [6, 6.07) is 22.3. The number of rotatable bonds is 2. The zero-order valence-corrected chi connectivity index (χ0v) is 14.9. The quantitative estimate of drug-likeness (QED) is 0.430. The summed E-state index contributed by atoms with van der Waals surface area (Å²) < 4.78 is 0. The van der Waals surface area contributed by atoms with Crippen LogP contribution in [0.15, 0.2) is 66.7 Å². The maximum atomic E-state index is 6.24. The number of aryl methyl sites for hydroxylation is 2. The minimum absolute atomic E-state index is 0.689. The van der Waals surface area contributed by atoms with Crippen LogP contribution in [0.25, 0.3) is 33.5 Å². The molecule has 0 radical (unpaired) electrons. The van der Waals surface area contributed by atoms with Crippen LogP contribution in [0.4, 0.5) is 0 Å². The predicted octanol–water partition coefficient (Wildman–Crippen LogP) is 6.23. The topological polar surface area (TPSA) is 25.8 Å². The lowest BCUT2D eigenvalue weighted by atomic mass is 10.0. The van der Waals surface area contributed by atoms with E-state index in [1.54, 1.807) is 0 Å². The second-order valence-electron chi connectivity index (χ2n) is 6.24. The second-order valence-corrected chi connectivity index (χ2v) is 6.68. The predicted molar refractivity (Wildman–Crippen MR) is 105 cm³/mol. The van der Waals surface area contributed by atoms with Crippen LogP contribution in [-0.2, 0) is 0 Å². The fraction of sp³-hybridized carbons (Fsp3) is 0.0909. The standard InChI is InChI=1S/C22H17ClN2/c1-14-6-5-8-16(12-14)21-19-13-17(23)10-11-20(19)24-22(25-21)18-9-4-3-7-15(18)2/h3-13H,1-2H3. The van der Waals surface area contributed by atoms with Gasteiger partial charge >= 0.3 is 0 Å². The molecule has 4 rings (SSSR count). The fourth-order valence-electron chi connectivity index (χ4n) is 3.06. The summed E-state index contributed by atoms with van der Waals surface area (Å²) >= 11 is 6.24. The molecule has 0 aliphatic carbocycles. The first-order chi connectivity index (χ1) is 12.1. The van der Waals surface area contributed by atoms with Crippen LogP contribution in [0.5, 0.6) is 0 Å². The monoisotopic (exact) mass is 344 g/mol. The molecule has 0 saturated heterocycles. The van der Waals surface area contributed by atoms with Crippen molar-refractivity contribution >= 4 is 22.5 Å². The van der Waals surface area contributed by atoms with Gasteiger partial charge in [-0.25, -0.2) is 9.97 Å². The second kappa shape index (κ2) is 6.30. The Hall–Kier alpha value is -2.71. The van der Waals surface area contributed by atoms with Crippen molar-refractivity contribution < 1.29 is 0 Å². The van der Waals surface area contributed by atoms with E-state index in [0.29, 0.717) is 5.02 Å². The number of fused-ring (bicyclic) bond motifs is 1. The van der Waals surface area contributed by atoms with E-state index in [4.69, 9.17) is 21.6 Å². The fourth-order valence-corrected chi connectivity index (χ4v) is 3.23. The molecule has 0 fully saturated rings. The Morgan fingerprint density at radius 1 is 0.800 bits per heavy atom. The van der Waals surface area contributed by atoms with Crippen LogP contribution < -0.4 is 0 Å². The highest BCUT2D eigenvalue weighted by Crippen LogP contribution is 2.31. The van der Waals surface area contributed by atoms with Gasteiger partial charge in [-0.05, 0) is 43.7 Å². The molecule has 4 aromatic rings. The molecule has 3 aromatic carbocycles. The van der Waals surface area contributed by atoms with Crippen molar-refractivity contribution in [3.8, 4) is 22.6 Å². The van der Waals surface area contributed by atoms with E-state index in [1.165, 1.54) is 5.56 Å². The molecule has 0 bridgehead atoms. The summed E-state index contributed by atoms with van der Waals surface area (Å²) in [6.07, 6.45) is 0. The normalized spacial score (nSPS) is 11.0. The zero-order chi connectivity index (χ0) is 17.4. The van der Waals surface area contributed by atoms with Gasteiger partial charge in [0.15, 0.2) is 5.82 Å². The van der Waals surface area contributed by atoms with Crippen molar-refractivity contribution in [1.82, 2.24) is 9.97 Å². The van der Waals surface area contributed by atoms with Gasteiger partial charge in [-0.3, -0.25) is 0 Å². The number of nitrogens with zero attached hydrogens (tertiary/aromatic N) is 2. The number of hydrogen-bond donors (Lipinski definition) is 0. The molecule has 0 unspecified atom stereocenters. The van der Waals surface area contributed by atoms with Crippen molar-refractivity contribution in [3.63, 3.8) is 0 Å². The molecule has 0 saturated carbocycles. The number of halogens is 1. The van der Waals surface area contributed by atoms with Crippen molar-refractivity contribution in [2.45, 2.75) is 13.8 Å². The van der Waals surface area contributed by atoms with E-state index in [9.17, 15) is 0 Å². The summed E-state index contributed by atoms with van der Waals surface area (Å²) in [6.45, 7) is 4.17. The molecule has 0 amide bonds. The van der Waals surface area contributed by atoms with E-state index in [1.807, 2.05) is 30.3 Å². The molecule has 0 aliphatic rings. The van der Waals surface area contributed by atoms with Crippen LogP contribution in [0.2, 0.25) is 5.02 Å². The van der Waals surface area contributed by atoms with E-state index in [0.717, 1.165) is 39.1 Å². The van der Waals surface area contributed by atoms with Crippen molar-refractivity contribution in [2.75, 3.05) is 0 Å². The van der Waals surface area contributed by atoms with Crippen LogP contribution in [0.3, 0.4) is 0 Å². The average molecular weight is 345 g/mol. The van der Waals surface area contributed by atoms with Gasteiger partial charge in [0, 0.05) is 21.5 Å². The Morgan fingerprint density at radius 2 is 1.64 bits per heavy atom. The first-order valence-corrected chi connectivity index (χ1v) is 8.60. The lowest BCUT2D eigenvalue weighted by Crippen LogP contribution is -1.96. The summed E-state index contributed by atoms with van der Waals surface area (Å²) in [5, 5.41) is 1.66. The molecule has 3 heteroatoms. The van der Waals surface area contributed by atoms with Gasteiger partial charge in [0.1, 0.15) is 0 Å². The van der Waals surface area contributed by atoms with Gasteiger partial charge < -0.3 is 0 Å². The molecule has 1 heterocycles. The Bertz CT molecular complexity index is 1090. The Balaban J connectivity index is 2.05. The van der Waals surface area contributed by atoms with Crippen molar-refractivity contribution in [3.05, 3.63) is 82.9 Å². The summed E-state index contributed by atoms with van der Waals surface area (Å²) in [5.41, 5.74) is 6.29. The molecule has 1 aromatic heterocycles. The van der Waals surface area contributed by atoms with Crippen LogP contribution >= 0.6 is 11.6 Å². The molecule has 0 spiro atoms.